The highest BCUT2D eigenvalue weighted by molar-refractivity contribution is 6.15. The number of aromatic amines is 1. The number of rotatable bonds is 3. The number of nitrogens with one attached hydrogen (secondary N) is 2. The van der Waals surface area contributed by atoms with E-state index in [1.165, 1.54) is 0 Å². The number of piperazine rings is 1. The summed E-state index contributed by atoms with van der Waals surface area (Å²) < 4.78 is 6.05. The number of hydrogen-bond donors (Lipinski definition) is 2. The number of H-pyrrole nitrogens is 1. The van der Waals surface area contributed by atoms with E-state index in [0.717, 1.165) is 54.9 Å². The Morgan fingerprint density at radius 2 is 2.07 bits per heavy atom. The second-order valence-corrected chi connectivity index (χ2v) is 6.90. The van der Waals surface area contributed by atoms with E-state index in [1.807, 2.05) is 36.5 Å². The zero-order chi connectivity index (χ0) is 18.2. The van der Waals surface area contributed by atoms with Gasteiger partial charge in [-0.3, -0.25) is 9.69 Å². The molecule has 6 nitrogen and oxygen atoms in total. The van der Waals surface area contributed by atoms with Crippen LogP contribution in [0.5, 0.6) is 5.75 Å². The molecule has 2 aliphatic heterocycles. The summed E-state index contributed by atoms with van der Waals surface area (Å²) in [6.45, 7) is 4.79. The van der Waals surface area contributed by atoms with Crippen LogP contribution >= 0.6 is 0 Å². The number of ether oxygens (including phenoxy) is 1. The highest BCUT2D eigenvalue weighted by atomic mass is 16.5. The monoisotopic (exact) mass is 360 g/mol. The number of fused-ring (bicyclic) bond motifs is 2. The number of hydrogen-bond acceptors (Lipinski definition) is 5. The van der Waals surface area contributed by atoms with Crippen molar-refractivity contribution in [2.45, 2.75) is 6.54 Å². The summed E-state index contributed by atoms with van der Waals surface area (Å²) in [5, 5.41) is 4.33. The minimum Gasteiger partial charge on any atom is -0.452 e. The summed E-state index contributed by atoms with van der Waals surface area (Å²) in [6.07, 6.45) is 5.40. The number of carbonyl (C=O) groups excluding carboxylic acids is 1. The molecule has 0 amide bonds. The van der Waals surface area contributed by atoms with Crippen molar-refractivity contribution in [2.75, 3.05) is 26.2 Å². The van der Waals surface area contributed by atoms with Crippen LogP contribution in [0.2, 0.25) is 0 Å². The Kier molecular flexibility index (Phi) is 3.99. The van der Waals surface area contributed by atoms with Gasteiger partial charge >= 0.3 is 0 Å². The van der Waals surface area contributed by atoms with Gasteiger partial charge in [0.15, 0.2) is 5.76 Å². The number of aromatic nitrogens is 2. The molecule has 0 spiro atoms. The van der Waals surface area contributed by atoms with Gasteiger partial charge in [-0.2, -0.15) is 0 Å². The summed E-state index contributed by atoms with van der Waals surface area (Å²) in [4.78, 5) is 22.7. The number of allylic oxidation sites excluding steroid dienone is 1. The molecule has 5 rings (SSSR count). The number of carbonyl (C=O) groups is 1. The molecular formula is C21H20N4O2. The summed E-state index contributed by atoms with van der Waals surface area (Å²) >= 11 is 0. The van der Waals surface area contributed by atoms with Gasteiger partial charge in [0.1, 0.15) is 11.4 Å². The lowest BCUT2D eigenvalue weighted by Crippen LogP contribution is -2.42. The average Bonchev–Trinajstić information content (AvgIpc) is 3.26. The smallest absolute Gasteiger partial charge is 0.231 e. The van der Waals surface area contributed by atoms with Gasteiger partial charge in [0.2, 0.25) is 5.78 Å². The van der Waals surface area contributed by atoms with Gasteiger partial charge in [-0.05, 0) is 24.3 Å². The molecule has 1 saturated heterocycles. The number of pyridine rings is 1. The fourth-order valence-corrected chi connectivity index (χ4v) is 3.74. The summed E-state index contributed by atoms with van der Waals surface area (Å²) in [5.74, 6) is 0.998. The first-order valence-electron chi connectivity index (χ1n) is 9.21. The van der Waals surface area contributed by atoms with Crippen molar-refractivity contribution in [1.82, 2.24) is 20.2 Å². The number of benzene rings is 1. The van der Waals surface area contributed by atoms with Gasteiger partial charge < -0.3 is 15.0 Å². The third kappa shape index (κ3) is 2.93. The first kappa shape index (κ1) is 16.2. The molecule has 27 heavy (non-hydrogen) atoms. The Balaban J connectivity index is 1.47. The van der Waals surface area contributed by atoms with Crippen LogP contribution in [0.4, 0.5) is 0 Å². The fraction of sp³-hybridized carbons (Fsp3) is 0.238. The molecular weight excluding hydrogens is 340 g/mol. The van der Waals surface area contributed by atoms with Crippen LogP contribution in [-0.2, 0) is 6.54 Å². The third-order valence-corrected chi connectivity index (χ3v) is 5.15. The van der Waals surface area contributed by atoms with Crippen molar-refractivity contribution in [2.24, 2.45) is 0 Å². The van der Waals surface area contributed by atoms with Crippen LogP contribution in [-0.4, -0.2) is 46.8 Å². The Morgan fingerprint density at radius 3 is 2.96 bits per heavy atom. The molecule has 2 N–H and O–H groups in total. The van der Waals surface area contributed by atoms with Gasteiger partial charge in [0.25, 0.3) is 0 Å². The van der Waals surface area contributed by atoms with Crippen molar-refractivity contribution in [3.05, 3.63) is 65.2 Å². The van der Waals surface area contributed by atoms with Crippen molar-refractivity contribution in [3.63, 3.8) is 0 Å². The van der Waals surface area contributed by atoms with Crippen LogP contribution in [0.3, 0.4) is 0 Å². The predicted octanol–water partition coefficient (Wildman–Crippen LogP) is 2.58. The van der Waals surface area contributed by atoms with Gasteiger partial charge in [-0.25, -0.2) is 4.98 Å². The Morgan fingerprint density at radius 1 is 1.19 bits per heavy atom. The Bertz CT molecular complexity index is 1050. The van der Waals surface area contributed by atoms with Crippen LogP contribution in [0.1, 0.15) is 21.5 Å². The molecule has 3 aromatic rings. The first-order chi connectivity index (χ1) is 13.3. The van der Waals surface area contributed by atoms with Gasteiger partial charge in [0, 0.05) is 61.6 Å². The maximum Gasteiger partial charge on any atom is 0.231 e. The maximum absolute atomic E-state index is 12.9. The lowest BCUT2D eigenvalue weighted by Gasteiger charge is -2.27. The highest BCUT2D eigenvalue weighted by Gasteiger charge is 2.30. The van der Waals surface area contributed by atoms with E-state index in [-0.39, 0.29) is 5.78 Å². The Labute approximate surface area is 156 Å². The van der Waals surface area contributed by atoms with Crippen molar-refractivity contribution >= 4 is 22.9 Å². The zero-order valence-electron chi connectivity index (χ0n) is 14.9. The van der Waals surface area contributed by atoms with E-state index in [9.17, 15) is 4.79 Å². The minimum atomic E-state index is -0.0644. The molecule has 0 bridgehead atoms. The molecule has 1 aromatic carbocycles. The molecule has 6 heteroatoms. The summed E-state index contributed by atoms with van der Waals surface area (Å²) in [5.41, 5.74) is 3.41. The van der Waals surface area contributed by atoms with Crippen LogP contribution in [0.15, 0.2) is 48.5 Å². The summed E-state index contributed by atoms with van der Waals surface area (Å²) in [6, 6.07) is 9.70. The molecule has 1 fully saturated rings. The van der Waals surface area contributed by atoms with Crippen LogP contribution in [0.25, 0.3) is 17.1 Å². The number of ketones is 1. The normalized spacial score (nSPS) is 18.8. The van der Waals surface area contributed by atoms with E-state index in [1.54, 1.807) is 12.3 Å². The molecule has 136 valence electrons. The largest absolute Gasteiger partial charge is 0.452 e. The highest BCUT2D eigenvalue weighted by Crippen LogP contribution is 2.36. The lowest BCUT2D eigenvalue weighted by atomic mass is 10.1. The number of Topliss-reactive ketones (excluding diaryl/α,β-unsaturated/α-hetero) is 1. The van der Waals surface area contributed by atoms with E-state index < -0.39 is 0 Å². The molecule has 0 aliphatic carbocycles. The average molecular weight is 360 g/mol. The van der Waals surface area contributed by atoms with Gasteiger partial charge in [0.05, 0.1) is 5.56 Å². The van der Waals surface area contributed by atoms with E-state index >= 15 is 0 Å². The zero-order valence-corrected chi connectivity index (χ0v) is 14.9. The molecule has 2 aliphatic rings. The predicted molar refractivity (Wildman–Crippen MR) is 104 cm³/mol. The molecule has 0 unspecified atom stereocenters. The molecule has 0 saturated carbocycles. The topological polar surface area (TPSA) is 70.2 Å². The molecule has 4 heterocycles. The first-order valence-corrected chi connectivity index (χ1v) is 9.21. The van der Waals surface area contributed by atoms with Crippen molar-refractivity contribution < 1.29 is 9.53 Å². The second-order valence-electron chi connectivity index (χ2n) is 6.90. The third-order valence-electron chi connectivity index (χ3n) is 5.15. The molecule has 0 radical (unpaired) electrons. The van der Waals surface area contributed by atoms with Crippen LogP contribution in [0, 0.1) is 0 Å². The second kappa shape index (κ2) is 6.64. The van der Waals surface area contributed by atoms with E-state index in [2.05, 4.69) is 20.2 Å². The number of nitrogens with zero attached hydrogens (tertiary/aromatic N) is 2. The molecule has 0 atom stereocenters. The van der Waals surface area contributed by atoms with E-state index in [0.29, 0.717) is 17.1 Å². The van der Waals surface area contributed by atoms with Crippen molar-refractivity contribution in [1.29, 1.82) is 0 Å². The Hall–Kier alpha value is -2.96. The van der Waals surface area contributed by atoms with E-state index in [4.69, 9.17) is 4.74 Å². The lowest BCUT2D eigenvalue weighted by molar-refractivity contribution is 0.101. The SMILES string of the molecule is O=C1C(=Cc2c[nH]c3ncccc23)Oc2c(CN3CCNCC3)cccc21. The van der Waals surface area contributed by atoms with Crippen molar-refractivity contribution in [3.8, 4) is 5.75 Å². The fourth-order valence-electron chi connectivity index (χ4n) is 3.74. The van der Waals surface area contributed by atoms with Gasteiger partial charge in [-0.1, -0.05) is 12.1 Å². The minimum absolute atomic E-state index is 0.0644. The quantitative estimate of drug-likeness (QED) is 0.703. The number of para-hydroxylation sites is 1. The molecule has 2 aromatic heterocycles. The standard InChI is InChI=1S/C21H20N4O2/c26-19-17-4-1-3-14(13-25-9-7-22-8-10-25)20(17)27-18(19)11-15-12-24-21-16(15)5-2-6-23-21/h1-6,11-12,22H,7-10,13H2,(H,23,24). The summed E-state index contributed by atoms with van der Waals surface area (Å²) in [7, 11) is 0. The van der Waals surface area contributed by atoms with Gasteiger partial charge in [-0.15, -0.1) is 0 Å². The van der Waals surface area contributed by atoms with Crippen LogP contribution < -0.4 is 10.1 Å². The maximum atomic E-state index is 12.9.